The highest BCUT2D eigenvalue weighted by Gasteiger charge is 2.14. The summed E-state index contributed by atoms with van der Waals surface area (Å²) in [6, 6.07) is 8.85. The molecule has 1 saturated heterocycles. The molecule has 17 heavy (non-hydrogen) atoms. The maximum atomic E-state index is 3.42. The maximum Gasteiger partial charge on any atom is 0.0230 e. The lowest BCUT2D eigenvalue weighted by Gasteiger charge is -2.27. The van der Waals surface area contributed by atoms with Gasteiger partial charge in [0.05, 0.1) is 0 Å². The summed E-state index contributed by atoms with van der Waals surface area (Å²) in [4.78, 5) is 2.46. The highest BCUT2D eigenvalue weighted by molar-refractivity contribution is 14.1. The van der Waals surface area contributed by atoms with Gasteiger partial charge in [-0.15, -0.1) is 0 Å². The zero-order valence-electron chi connectivity index (χ0n) is 10.5. The van der Waals surface area contributed by atoms with Crippen molar-refractivity contribution in [3.05, 3.63) is 33.4 Å². The van der Waals surface area contributed by atoms with Crippen molar-refractivity contribution in [3.8, 4) is 0 Å². The van der Waals surface area contributed by atoms with Gasteiger partial charge in [0.15, 0.2) is 0 Å². The third-order valence-electron chi connectivity index (χ3n) is 3.39. The van der Waals surface area contributed by atoms with E-state index in [1.807, 2.05) is 0 Å². The summed E-state index contributed by atoms with van der Waals surface area (Å²) >= 11 is 2.35. The number of hydrogen-bond acceptors (Lipinski definition) is 2. The summed E-state index contributed by atoms with van der Waals surface area (Å²) < 4.78 is 1.31. The second kappa shape index (κ2) is 6.71. The van der Waals surface area contributed by atoms with Crippen LogP contribution in [0.2, 0.25) is 0 Å². The first-order valence-corrected chi connectivity index (χ1v) is 7.45. The number of nitrogens with one attached hydrogen (secondary N) is 1. The van der Waals surface area contributed by atoms with Gasteiger partial charge in [-0.1, -0.05) is 12.1 Å². The van der Waals surface area contributed by atoms with E-state index >= 15 is 0 Å². The van der Waals surface area contributed by atoms with Crippen LogP contribution in [0.1, 0.15) is 18.4 Å². The molecule has 0 saturated carbocycles. The standard InChI is InChI=1S/C14H21IN2/c1-17(11-13-6-8-16-9-7-13)10-12-2-4-14(15)5-3-12/h2-5,13,16H,6-11H2,1H3. The molecule has 1 aliphatic rings. The summed E-state index contributed by atoms with van der Waals surface area (Å²) in [5.74, 6) is 0.880. The summed E-state index contributed by atoms with van der Waals surface area (Å²) in [6.45, 7) is 4.69. The van der Waals surface area contributed by atoms with Crippen LogP contribution in [0, 0.1) is 9.49 Å². The van der Waals surface area contributed by atoms with Gasteiger partial charge >= 0.3 is 0 Å². The molecule has 0 atom stereocenters. The van der Waals surface area contributed by atoms with Gasteiger partial charge in [-0.05, 0) is 79.2 Å². The normalized spacial score (nSPS) is 17.6. The third-order valence-corrected chi connectivity index (χ3v) is 4.11. The van der Waals surface area contributed by atoms with Gasteiger partial charge < -0.3 is 10.2 Å². The van der Waals surface area contributed by atoms with Crippen LogP contribution in [-0.2, 0) is 6.54 Å². The molecule has 0 bridgehead atoms. The first kappa shape index (κ1) is 13.3. The van der Waals surface area contributed by atoms with Gasteiger partial charge in [-0.25, -0.2) is 0 Å². The Morgan fingerprint density at radius 3 is 2.53 bits per heavy atom. The Morgan fingerprint density at radius 1 is 1.24 bits per heavy atom. The van der Waals surface area contributed by atoms with Gasteiger partial charge in [-0.2, -0.15) is 0 Å². The van der Waals surface area contributed by atoms with Gasteiger partial charge in [0.25, 0.3) is 0 Å². The fourth-order valence-corrected chi connectivity index (χ4v) is 2.83. The molecule has 1 aromatic carbocycles. The van der Waals surface area contributed by atoms with Crippen LogP contribution in [0.4, 0.5) is 0 Å². The van der Waals surface area contributed by atoms with Crippen LogP contribution in [0.3, 0.4) is 0 Å². The number of nitrogens with zero attached hydrogens (tertiary/aromatic N) is 1. The van der Waals surface area contributed by atoms with Gasteiger partial charge in [0, 0.05) is 16.7 Å². The monoisotopic (exact) mass is 344 g/mol. The first-order valence-electron chi connectivity index (χ1n) is 6.38. The van der Waals surface area contributed by atoms with Gasteiger partial charge in [0.2, 0.25) is 0 Å². The molecular formula is C14H21IN2. The molecule has 0 unspecified atom stereocenters. The van der Waals surface area contributed by atoms with Gasteiger partial charge in [-0.3, -0.25) is 0 Å². The first-order chi connectivity index (χ1) is 8.24. The predicted molar refractivity (Wildman–Crippen MR) is 81.1 cm³/mol. The minimum absolute atomic E-state index is 0.880. The Bertz CT molecular complexity index is 331. The molecule has 1 aromatic rings. The van der Waals surface area contributed by atoms with E-state index < -0.39 is 0 Å². The molecule has 3 heteroatoms. The van der Waals surface area contributed by atoms with Crippen molar-refractivity contribution in [2.24, 2.45) is 5.92 Å². The molecule has 0 aliphatic carbocycles. The molecule has 0 spiro atoms. The van der Waals surface area contributed by atoms with Crippen molar-refractivity contribution < 1.29 is 0 Å². The van der Waals surface area contributed by atoms with E-state index in [0.29, 0.717) is 0 Å². The number of rotatable bonds is 4. The highest BCUT2D eigenvalue weighted by atomic mass is 127. The van der Waals surface area contributed by atoms with Crippen molar-refractivity contribution in [2.75, 3.05) is 26.7 Å². The largest absolute Gasteiger partial charge is 0.317 e. The topological polar surface area (TPSA) is 15.3 Å². The number of piperidine rings is 1. The molecule has 1 aliphatic heterocycles. The van der Waals surface area contributed by atoms with E-state index in [4.69, 9.17) is 0 Å². The molecule has 1 heterocycles. The Kier molecular flexibility index (Phi) is 5.25. The molecule has 94 valence electrons. The molecular weight excluding hydrogens is 323 g/mol. The second-order valence-corrected chi connectivity index (χ2v) is 6.26. The van der Waals surface area contributed by atoms with Crippen LogP contribution in [0.15, 0.2) is 24.3 Å². The van der Waals surface area contributed by atoms with Crippen LogP contribution in [-0.4, -0.2) is 31.6 Å². The third kappa shape index (κ3) is 4.56. The quantitative estimate of drug-likeness (QED) is 0.845. The van der Waals surface area contributed by atoms with Crippen LogP contribution >= 0.6 is 22.6 Å². The van der Waals surface area contributed by atoms with Crippen LogP contribution in [0.25, 0.3) is 0 Å². The van der Waals surface area contributed by atoms with E-state index in [2.05, 4.69) is 64.1 Å². The Morgan fingerprint density at radius 2 is 1.88 bits per heavy atom. The van der Waals surface area contributed by atoms with Crippen molar-refractivity contribution in [1.29, 1.82) is 0 Å². The second-order valence-electron chi connectivity index (χ2n) is 5.02. The van der Waals surface area contributed by atoms with E-state index in [-0.39, 0.29) is 0 Å². The average Bonchev–Trinajstić information content (AvgIpc) is 2.33. The van der Waals surface area contributed by atoms with E-state index in [0.717, 1.165) is 12.5 Å². The molecule has 1 N–H and O–H groups in total. The zero-order valence-corrected chi connectivity index (χ0v) is 12.6. The molecule has 0 aromatic heterocycles. The van der Waals surface area contributed by atoms with Crippen molar-refractivity contribution in [3.63, 3.8) is 0 Å². The lowest BCUT2D eigenvalue weighted by atomic mass is 9.97. The van der Waals surface area contributed by atoms with E-state index in [9.17, 15) is 0 Å². The highest BCUT2D eigenvalue weighted by Crippen LogP contribution is 2.14. The summed E-state index contributed by atoms with van der Waals surface area (Å²) in [5.41, 5.74) is 1.42. The number of benzene rings is 1. The Hall–Kier alpha value is -0.130. The molecule has 2 rings (SSSR count). The van der Waals surface area contributed by atoms with Crippen molar-refractivity contribution >= 4 is 22.6 Å². The SMILES string of the molecule is CN(Cc1ccc(I)cc1)CC1CCNCC1. The fourth-order valence-electron chi connectivity index (χ4n) is 2.47. The summed E-state index contributed by atoms with van der Waals surface area (Å²) in [5, 5.41) is 3.42. The molecule has 1 fully saturated rings. The minimum Gasteiger partial charge on any atom is -0.317 e. The number of hydrogen-bond donors (Lipinski definition) is 1. The van der Waals surface area contributed by atoms with Crippen LogP contribution < -0.4 is 5.32 Å². The molecule has 0 amide bonds. The molecule has 0 radical (unpaired) electrons. The van der Waals surface area contributed by atoms with E-state index in [1.165, 1.54) is 41.6 Å². The lowest BCUT2D eigenvalue weighted by molar-refractivity contribution is 0.234. The summed E-state index contributed by atoms with van der Waals surface area (Å²) in [7, 11) is 2.24. The van der Waals surface area contributed by atoms with Gasteiger partial charge in [0.1, 0.15) is 0 Å². The lowest BCUT2D eigenvalue weighted by Crippen LogP contribution is -2.34. The summed E-state index contributed by atoms with van der Waals surface area (Å²) in [6.07, 6.45) is 2.66. The predicted octanol–water partition coefficient (Wildman–Crippen LogP) is 2.72. The minimum atomic E-state index is 0.880. The average molecular weight is 344 g/mol. The smallest absolute Gasteiger partial charge is 0.0230 e. The van der Waals surface area contributed by atoms with Crippen molar-refractivity contribution in [1.82, 2.24) is 10.2 Å². The zero-order chi connectivity index (χ0) is 12.1. The fraction of sp³-hybridized carbons (Fsp3) is 0.571. The van der Waals surface area contributed by atoms with Crippen LogP contribution in [0.5, 0.6) is 0 Å². The van der Waals surface area contributed by atoms with E-state index in [1.54, 1.807) is 0 Å². The molecule has 2 nitrogen and oxygen atoms in total. The van der Waals surface area contributed by atoms with Crippen molar-refractivity contribution in [2.45, 2.75) is 19.4 Å². The maximum absolute atomic E-state index is 3.42. The Balaban J connectivity index is 1.79. The number of halogens is 1. The Labute approximate surface area is 118 Å².